The topological polar surface area (TPSA) is 55.4 Å². The average molecular weight is 325 g/mol. The lowest BCUT2D eigenvalue weighted by atomic mass is 9.97. The number of ether oxygens (including phenoxy) is 1. The van der Waals surface area contributed by atoms with E-state index < -0.39 is 16.1 Å². The summed E-state index contributed by atoms with van der Waals surface area (Å²) in [6.45, 7) is 4.71. The predicted octanol–water partition coefficient (Wildman–Crippen LogP) is 3.01. The van der Waals surface area contributed by atoms with Crippen molar-refractivity contribution in [1.82, 2.24) is 5.32 Å². The van der Waals surface area contributed by atoms with Gasteiger partial charge >= 0.3 is 6.09 Å². The van der Waals surface area contributed by atoms with Crippen molar-refractivity contribution in [3.8, 4) is 0 Å². The van der Waals surface area contributed by atoms with Crippen LogP contribution in [-0.4, -0.2) is 50.1 Å². The lowest BCUT2D eigenvalue weighted by Crippen LogP contribution is -2.30. The van der Waals surface area contributed by atoms with Crippen LogP contribution in [0.1, 0.15) is 22.6 Å². The van der Waals surface area contributed by atoms with Gasteiger partial charge in [-0.25, -0.2) is 14.8 Å². The van der Waals surface area contributed by atoms with Crippen LogP contribution in [0.15, 0.2) is 18.2 Å². The Bertz CT molecular complexity index is 523. The minimum absolute atomic E-state index is 0.257. The van der Waals surface area contributed by atoms with E-state index in [4.69, 9.17) is 4.74 Å². The minimum Gasteiger partial charge on any atom is -0.449 e. The number of amides is 1. The summed E-state index contributed by atoms with van der Waals surface area (Å²) in [5, 5.41) is 2.67. The minimum atomic E-state index is -0.669. The van der Waals surface area contributed by atoms with Gasteiger partial charge < -0.3 is 14.8 Å². The molecule has 5 heteroatoms. The van der Waals surface area contributed by atoms with Crippen LogP contribution in [0.25, 0.3) is 0 Å². The third kappa shape index (κ3) is 6.52. The molecular formula is C17H27NO3S. The first-order valence-electron chi connectivity index (χ1n) is 7.32. The van der Waals surface area contributed by atoms with Gasteiger partial charge in [-0.1, -0.05) is 18.2 Å². The Hall–Kier alpha value is -1.49. The highest BCUT2D eigenvalue weighted by molar-refractivity contribution is 8.32. The molecule has 1 N–H and O–H groups in total. The standard InChI is InChI=1S/C17H27NO3S/c1-13-6-7-15(10-14(13)2)16(12-19)11-18-17(20)21-8-9-22(3,4)5/h6-7,10,12,16H,8-9,11H2,1-5H3,(H,18,20). The van der Waals surface area contributed by atoms with E-state index in [0.717, 1.165) is 23.2 Å². The summed E-state index contributed by atoms with van der Waals surface area (Å²) < 4.78 is 5.15. The molecule has 0 aliphatic heterocycles. The summed E-state index contributed by atoms with van der Waals surface area (Å²) in [7, 11) is -0.669. The fraction of sp³-hybridized carbons (Fsp3) is 0.529. The first-order chi connectivity index (χ1) is 10.2. The number of hydrogen-bond donors (Lipinski definition) is 1. The molecule has 0 aliphatic carbocycles. The Kier molecular flexibility index (Phi) is 6.94. The molecule has 0 aromatic heterocycles. The molecule has 1 aromatic carbocycles. The maximum atomic E-state index is 11.7. The van der Waals surface area contributed by atoms with Crippen molar-refractivity contribution in [2.45, 2.75) is 19.8 Å². The third-order valence-corrected chi connectivity index (χ3v) is 4.91. The number of rotatable bonds is 7. The SMILES string of the molecule is Cc1ccc(C(C=O)CNC(=O)OCCS(C)(C)C)cc1C. The van der Waals surface area contributed by atoms with E-state index >= 15 is 0 Å². The van der Waals surface area contributed by atoms with Crippen LogP contribution in [0.3, 0.4) is 0 Å². The number of carbonyl (C=O) groups is 2. The fourth-order valence-electron chi connectivity index (χ4n) is 1.87. The summed E-state index contributed by atoms with van der Waals surface area (Å²) in [5.74, 6) is 0.536. The smallest absolute Gasteiger partial charge is 0.407 e. The summed E-state index contributed by atoms with van der Waals surface area (Å²) in [4.78, 5) is 22.9. The van der Waals surface area contributed by atoms with E-state index in [1.165, 1.54) is 5.56 Å². The Morgan fingerprint density at radius 1 is 1.27 bits per heavy atom. The molecule has 0 radical (unpaired) electrons. The van der Waals surface area contributed by atoms with Gasteiger partial charge in [0.1, 0.15) is 12.9 Å². The van der Waals surface area contributed by atoms with Crippen molar-refractivity contribution in [1.29, 1.82) is 0 Å². The van der Waals surface area contributed by atoms with Gasteiger partial charge in [0.05, 0.1) is 5.92 Å². The molecule has 1 rings (SSSR count). The second-order valence-corrected chi connectivity index (χ2v) is 11.0. The van der Waals surface area contributed by atoms with Gasteiger partial charge in [0.15, 0.2) is 0 Å². The Morgan fingerprint density at radius 3 is 2.50 bits per heavy atom. The number of alkyl carbamates (subject to hydrolysis) is 1. The largest absolute Gasteiger partial charge is 0.449 e. The predicted molar refractivity (Wildman–Crippen MR) is 94.3 cm³/mol. The summed E-state index contributed by atoms with van der Waals surface area (Å²) in [6, 6.07) is 5.91. The van der Waals surface area contributed by atoms with E-state index in [9.17, 15) is 9.59 Å². The molecule has 0 spiro atoms. The van der Waals surface area contributed by atoms with Crippen LogP contribution < -0.4 is 5.32 Å². The van der Waals surface area contributed by atoms with Crippen molar-refractivity contribution in [2.75, 3.05) is 37.7 Å². The molecule has 22 heavy (non-hydrogen) atoms. The molecule has 0 heterocycles. The number of carbonyl (C=O) groups excluding carboxylic acids is 2. The van der Waals surface area contributed by atoms with Gasteiger partial charge in [-0.3, -0.25) is 0 Å². The zero-order valence-corrected chi connectivity index (χ0v) is 15.0. The van der Waals surface area contributed by atoms with Crippen molar-refractivity contribution >= 4 is 22.4 Å². The Labute approximate surface area is 134 Å². The molecule has 0 fully saturated rings. The third-order valence-electron chi connectivity index (χ3n) is 3.52. The summed E-state index contributed by atoms with van der Waals surface area (Å²) in [6.07, 6.45) is 6.94. The number of hydrogen-bond acceptors (Lipinski definition) is 3. The maximum absolute atomic E-state index is 11.7. The van der Waals surface area contributed by atoms with Crippen molar-refractivity contribution in [3.63, 3.8) is 0 Å². The van der Waals surface area contributed by atoms with Crippen molar-refractivity contribution in [2.24, 2.45) is 0 Å². The van der Waals surface area contributed by atoms with Gasteiger partial charge in [0, 0.05) is 12.3 Å². The van der Waals surface area contributed by atoms with Gasteiger partial charge in [-0.05, 0) is 49.3 Å². The lowest BCUT2D eigenvalue weighted by molar-refractivity contribution is -0.109. The lowest BCUT2D eigenvalue weighted by Gasteiger charge is -2.24. The van der Waals surface area contributed by atoms with Crippen LogP contribution >= 0.6 is 10.0 Å². The summed E-state index contributed by atoms with van der Waals surface area (Å²) in [5.41, 5.74) is 3.24. The highest BCUT2D eigenvalue weighted by atomic mass is 32.3. The van der Waals surface area contributed by atoms with E-state index in [1.807, 2.05) is 32.0 Å². The highest BCUT2D eigenvalue weighted by Gasteiger charge is 2.14. The Morgan fingerprint density at radius 2 is 1.95 bits per heavy atom. The zero-order chi connectivity index (χ0) is 16.8. The van der Waals surface area contributed by atoms with Gasteiger partial charge in [0.25, 0.3) is 0 Å². The van der Waals surface area contributed by atoms with Gasteiger partial charge in [-0.15, -0.1) is 0 Å². The molecule has 0 bridgehead atoms. The first kappa shape index (κ1) is 18.6. The van der Waals surface area contributed by atoms with Crippen LogP contribution in [0.2, 0.25) is 0 Å². The number of aryl methyl sites for hydroxylation is 2. The van der Waals surface area contributed by atoms with E-state index in [1.54, 1.807) is 0 Å². The molecule has 124 valence electrons. The normalized spacial score (nSPS) is 13.3. The van der Waals surface area contributed by atoms with E-state index in [2.05, 4.69) is 24.1 Å². The Balaban J connectivity index is 2.48. The van der Waals surface area contributed by atoms with E-state index in [0.29, 0.717) is 6.61 Å². The molecule has 0 saturated heterocycles. The van der Waals surface area contributed by atoms with Crippen LogP contribution in [-0.2, 0) is 9.53 Å². The van der Waals surface area contributed by atoms with Gasteiger partial charge in [-0.2, -0.15) is 0 Å². The number of nitrogens with one attached hydrogen (secondary N) is 1. The number of aldehydes is 1. The molecule has 4 nitrogen and oxygen atoms in total. The average Bonchev–Trinajstić information content (AvgIpc) is 2.42. The second-order valence-electron chi connectivity index (χ2n) is 6.40. The second kappa shape index (κ2) is 8.22. The molecule has 0 saturated carbocycles. The van der Waals surface area contributed by atoms with Crippen LogP contribution in [0.4, 0.5) is 4.79 Å². The molecule has 1 atom stereocenters. The molecule has 0 aliphatic rings. The first-order valence-corrected chi connectivity index (χ1v) is 10.3. The molecule has 1 amide bonds. The zero-order valence-electron chi connectivity index (χ0n) is 14.1. The maximum Gasteiger partial charge on any atom is 0.407 e. The molecular weight excluding hydrogens is 298 g/mol. The number of benzene rings is 1. The van der Waals surface area contributed by atoms with Gasteiger partial charge in [0.2, 0.25) is 0 Å². The van der Waals surface area contributed by atoms with Crippen molar-refractivity contribution < 1.29 is 14.3 Å². The quantitative estimate of drug-likeness (QED) is 0.784. The van der Waals surface area contributed by atoms with E-state index in [-0.39, 0.29) is 12.5 Å². The van der Waals surface area contributed by atoms with Crippen LogP contribution in [0, 0.1) is 13.8 Å². The molecule has 1 unspecified atom stereocenters. The summed E-state index contributed by atoms with van der Waals surface area (Å²) >= 11 is 0. The van der Waals surface area contributed by atoms with Crippen LogP contribution in [0.5, 0.6) is 0 Å². The fourth-order valence-corrected chi connectivity index (χ4v) is 2.45. The molecule has 1 aromatic rings. The van der Waals surface area contributed by atoms with Crippen molar-refractivity contribution in [3.05, 3.63) is 34.9 Å². The monoisotopic (exact) mass is 325 g/mol. The highest BCUT2D eigenvalue weighted by Crippen LogP contribution is 2.33.